The van der Waals surface area contributed by atoms with Gasteiger partial charge >= 0.3 is 23.9 Å². The number of hydrogen-bond acceptors (Lipinski definition) is 7. The molecule has 0 heterocycles. The lowest BCUT2D eigenvalue weighted by Gasteiger charge is -2.20. The van der Waals surface area contributed by atoms with Gasteiger partial charge in [0, 0.05) is 25.0 Å². The Kier molecular flexibility index (Phi) is 7.28. The van der Waals surface area contributed by atoms with Crippen molar-refractivity contribution in [3.05, 3.63) is 12.2 Å². The van der Waals surface area contributed by atoms with Crippen LogP contribution >= 0.6 is 0 Å². The number of carbonyl (C=O) groups is 4. The Morgan fingerprint density at radius 3 is 2.23 bits per heavy atom. The molecule has 0 amide bonds. The molecule has 1 rings (SSSR count). The van der Waals surface area contributed by atoms with Gasteiger partial charge in [-0.2, -0.15) is 0 Å². The molecule has 0 spiro atoms. The summed E-state index contributed by atoms with van der Waals surface area (Å²) in [6.45, 7) is 2.93. The third-order valence-corrected chi connectivity index (χ3v) is 3.19. The molecule has 1 atom stereocenters. The van der Waals surface area contributed by atoms with Crippen LogP contribution in [0.4, 0.5) is 0 Å². The quantitative estimate of drug-likeness (QED) is 0.315. The van der Waals surface area contributed by atoms with E-state index >= 15 is 0 Å². The van der Waals surface area contributed by atoms with Crippen molar-refractivity contribution in [2.24, 2.45) is 5.92 Å². The standard InChI is InChI=1S/C15H20O7/c1-3-20-12(17)8-9-13(18)22-14(11-6-4-5-7-11)15(19)21-10(2)16/h8-9,11,14H,3-7H2,1-2H3/b9-8+. The fraction of sp³-hybridized carbons (Fsp3) is 0.600. The minimum atomic E-state index is -1.13. The van der Waals surface area contributed by atoms with Crippen molar-refractivity contribution in [2.45, 2.75) is 45.6 Å². The molecule has 0 N–H and O–H groups in total. The first-order valence-corrected chi connectivity index (χ1v) is 7.21. The molecule has 1 unspecified atom stereocenters. The van der Waals surface area contributed by atoms with E-state index in [0.29, 0.717) is 12.8 Å². The molecule has 122 valence electrons. The Balaban J connectivity index is 2.67. The van der Waals surface area contributed by atoms with Gasteiger partial charge in [0.05, 0.1) is 6.61 Å². The maximum Gasteiger partial charge on any atom is 0.355 e. The predicted molar refractivity (Wildman–Crippen MR) is 74.4 cm³/mol. The molecule has 0 radical (unpaired) electrons. The van der Waals surface area contributed by atoms with Crippen LogP contribution in [0.1, 0.15) is 39.5 Å². The molecular weight excluding hydrogens is 292 g/mol. The maximum atomic E-state index is 11.9. The fourth-order valence-electron chi connectivity index (χ4n) is 2.29. The summed E-state index contributed by atoms with van der Waals surface area (Å²) in [6.07, 6.45) is 3.95. The average molecular weight is 312 g/mol. The molecule has 1 aliphatic rings. The van der Waals surface area contributed by atoms with E-state index in [2.05, 4.69) is 9.47 Å². The molecule has 7 heteroatoms. The molecule has 0 aliphatic heterocycles. The van der Waals surface area contributed by atoms with E-state index in [-0.39, 0.29) is 12.5 Å². The van der Waals surface area contributed by atoms with Crippen LogP contribution in [0.2, 0.25) is 0 Å². The normalized spacial score (nSPS) is 16.3. The topological polar surface area (TPSA) is 96.0 Å². The highest BCUT2D eigenvalue weighted by molar-refractivity contribution is 5.93. The predicted octanol–water partition coefficient (Wildman–Crippen LogP) is 1.30. The lowest BCUT2D eigenvalue weighted by molar-refractivity contribution is -0.174. The molecule has 22 heavy (non-hydrogen) atoms. The Bertz CT molecular complexity index is 461. The van der Waals surface area contributed by atoms with Crippen molar-refractivity contribution in [1.29, 1.82) is 0 Å². The van der Waals surface area contributed by atoms with E-state index in [1.165, 1.54) is 0 Å². The molecule has 0 saturated heterocycles. The second-order valence-corrected chi connectivity index (χ2v) is 4.90. The van der Waals surface area contributed by atoms with Gasteiger partial charge in [0.1, 0.15) is 0 Å². The summed E-state index contributed by atoms with van der Waals surface area (Å²) >= 11 is 0. The van der Waals surface area contributed by atoms with Gasteiger partial charge in [-0.1, -0.05) is 12.8 Å². The molecule has 0 aromatic rings. The van der Waals surface area contributed by atoms with E-state index in [4.69, 9.17) is 4.74 Å². The van der Waals surface area contributed by atoms with Gasteiger partial charge < -0.3 is 14.2 Å². The molecule has 0 bridgehead atoms. The summed E-state index contributed by atoms with van der Waals surface area (Å²) in [7, 11) is 0. The summed E-state index contributed by atoms with van der Waals surface area (Å²) in [5.74, 6) is -3.34. The SMILES string of the molecule is CCOC(=O)/C=C/C(=O)OC(C(=O)OC(C)=O)C1CCCC1. The highest BCUT2D eigenvalue weighted by Gasteiger charge is 2.35. The molecule has 7 nitrogen and oxygen atoms in total. The van der Waals surface area contributed by atoms with Crippen molar-refractivity contribution in [2.75, 3.05) is 6.61 Å². The lowest BCUT2D eigenvalue weighted by atomic mass is 10.0. The van der Waals surface area contributed by atoms with Crippen LogP contribution in [-0.2, 0) is 33.4 Å². The molecule has 1 saturated carbocycles. The molecule has 0 aromatic carbocycles. The average Bonchev–Trinajstić information content (AvgIpc) is 2.95. The van der Waals surface area contributed by atoms with E-state index in [1.54, 1.807) is 6.92 Å². The summed E-state index contributed by atoms with van der Waals surface area (Å²) in [5.41, 5.74) is 0. The van der Waals surface area contributed by atoms with Crippen LogP contribution in [0.25, 0.3) is 0 Å². The van der Waals surface area contributed by atoms with Crippen LogP contribution in [0.15, 0.2) is 12.2 Å². The molecule has 0 aromatic heterocycles. The summed E-state index contributed by atoms with van der Waals surface area (Å²) in [4.78, 5) is 45.6. The van der Waals surface area contributed by atoms with Gasteiger partial charge in [0.15, 0.2) is 0 Å². The third-order valence-electron chi connectivity index (χ3n) is 3.19. The number of esters is 4. The Morgan fingerprint density at radius 1 is 1.09 bits per heavy atom. The Labute approximate surface area is 128 Å². The Hall–Kier alpha value is -2.18. The van der Waals surface area contributed by atoms with E-state index in [1.807, 2.05) is 0 Å². The lowest BCUT2D eigenvalue weighted by Crippen LogP contribution is -2.35. The van der Waals surface area contributed by atoms with Gasteiger partial charge in [0.25, 0.3) is 0 Å². The first kappa shape index (κ1) is 17.9. The van der Waals surface area contributed by atoms with Crippen LogP contribution in [0.3, 0.4) is 0 Å². The zero-order valence-corrected chi connectivity index (χ0v) is 12.7. The number of hydrogen-bond donors (Lipinski definition) is 0. The largest absolute Gasteiger partial charge is 0.463 e. The first-order valence-electron chi connectivity index (χ1n) is 7.21. The van der Waals surface area contributed by atoms with Gasteiger partial charge in [-0.3, -0.25) is 4.79 Å². The van der Waals surface area contributed by atoms with Gasteiger partial charge in [-0.05, 0) is 19.8 Å². The first-order chi connectivity index (χ1) is 10.4. The zero-order chi connectivity index (χ0) is 16.5. The highest BCUT2D eigenvalue weighted by Crippen LogP contribution is 2.30. The fourth-order valence-corrected chi connectivity index (χ4v) is 2.29. The smallest absolute Gasteiger partial charge is 0.355 e. The van der Waals surface area contributed by atoms with Crippen LogP contribution in [0, 0.1) is 5.92 Å². The number of ether oxygens (including phenoxy) is 3. The van der Waals surface area contributed by atoms with Gasteiger partial charge in [-0.25, -0.2) is 14.4 Å². The van der Waals surface area contributed by atoms with Crippen molar-refractivity contribution < 1.29 is 33.4 Å². The van der Waals surface area contributed by atoms with Crippen LogP contribution in [0.5, 0.6) is 0 Å². The van der Waals surface area contributed by atoms with Crippen LogP contribution in [-0.4, -0.2) is 36.6 Å². The highest BCUT2D eigenvalue weighted by atomic mass is 16.6. The molecule has 1 fully saturated rings. The van der Waals surface area contributed by atoms with Gasteiger partial charge in [0.2, 0.25) is 6.10 Å². The number of rotatable bonds is 6. The summed E-state index contributed by atoms with van der Waals surface area (Å²) < 4.78 is 14.2. The number of carbonyl (C=O) groups excluding carboxylic acids is 4. The minimum Gasteiger partial charge on any atom is -0.463 e. The van der Waals surface area contributed by atoms with E-state index in [9.17, 15) is 19.2 Å². The third kappa shape index (κ3) is 6.07. The van der Waals surface area contributed by atoms with Crippen molar-refractivity contribution in [3.63, 3.8) is 0 Å². The molecular formula is C15H20O7. The van der Waals surface area contributed by atoms with Crippen LogP contribution < -0.4 is 0 Å². The second-order valence-electron chi connectivity index (χ2n) is 4.90. The van der Waals surface area contributed by atoms with Crippen molar-refractivity contribution in [1.82, 2.24) is 0 Å². The monoisotopic (exact) mass is 312 g/mol. The van der Waals surface area contributed by atoms with Crippen molar-refractivity contribution in [3.8, 4) is 0 Å². The Morgan fingerprint density at radius 2 is 1.68 bits per heavy atom. The minimum absolute atomic E-state index is 0.174. The van der Waals surface area contributed by atoms with Gasteiger partial charge in [-0.15, -0.1) is 0 Å². The van der Waals surface area contributed by atoms with Crippen molar-refractivity contribution >= 4 is 23.9 Å². The molecule has 1 aliphatic carbocycles. The zero-order valence-electron chi connectivity index (χ0n) is 12.7. The summed E-state index contributed by atoms with van der Waals surface area (Å²) in [6, 6.07) is 0. The second kappa shape index (κ2) is 8.96. The maximum absolute atomic E-state index is 11.9. The van der Waals surface area contributed by atoms with E-state index in [0.717, 1.165) is 31.9 Å². The van der Waals surface area contributed by atoms with E-state index < -0.39 is 30.0 Å². The summed E-state index contributed by atoms with van der Waals surface area (Å²) in [5, 5.41) is 0.